The Morgan fingerprint density at radius 2 is 1.79 bits per heavy atom. The fourth-order valence-electron chi connectivity index (χ4n) is 1.97. The molecule has 2 rings (SSSR count). The summed E-state index contributed by atoms with van der Waals surface area (Å²) in [6.45, 7) is 3.09. The third-order valence-electron chi connectivity index (χ3n) is 3.19. The average Bonchev–Trinajstić information content (AvgIpc) is 2.39. The van der Waals surface area contributed by atoms with Gasteiger partial charge in [-0.3, -0.25) is 9.00 Å². The molecule has 0 saturated carbocycles. The molecule has 1 unspecified atom stereocenters. The van der Waals surface area contributed by atoms with E-state index < -0.39 is 16.8 Å². The maximum Gasteiger partial charge on any atom is 0.244 e. The third-order valence-corrected chi connectivity index (χ3v) is 4.47. The van der Waals surface area contributed by atoms with Gasteiger partial charge >= 0.3 is 0 Å². The predicted molar refractivity (Wildman–Crippen MR) is 79.8 cm³/mol. The van der Waals surface area contributed by atoms with Gasteiger partial charge in [0.15, 0.2) is 0 Å². The Labute approximate surface area is 122 Å². The van der Waals surface area contributed by atoms with Crippen LogP contribution in [0.3, 0.4) is 0 Å². The number of benzene rings is 1. The number of amides is 1. The SMILES string of the molecule is Cc1ccc(C(N)C(=O)N2CCS(=O)CC2)cc1.Cl. The zero-order valence-corrected chi connectivity index (χ0v) is 12.5. The first-order valence-corrected chi connectivity index (χ1v) is 7.52. The van der Waals surface area contributed by atoms with Crippen LogP contribution in [0.5, 0.6) is 0 Å². The molecule has 0 bridgehead atoms. The van der Waals surface area contributed by atoms with E-state index in [-0.39, 0.29) is 18.3 Å². The molecule has 1 heterocycles. The zero-order chi connectivity index (χ0) is 13.1. The van der Waals surface area contributed by atoms with E-state index >= 15 is 0 Å². The van der Waals surface area contributed by atoms with Gasteiger partial charge in [-0.15, -0.1) is 12.4 Å². The van der Waals surface area contributed by atoms with Crippen LogP contribution in [-0.4, -0.2) is 39.6 Å². The third kappa shape index (κ3) is 4.03. The lowest BCUT2D eigenvalue weighted by atomic mass is 10.0. The first-order chi connectivity index (χ1) is 8.58. The monoisotopic (exact) mass is 302 g/mol. The number of hydrogen-bond acceptors (Lipinski definition) is 3. The summed E-state index contributed by atoms with van der Waals surface area (Å²) in [7, 11) is -0.773. The molecule has 0 radical (unpaired) electrons. The van der Waals surface area contributed by atoms with E-state index in [2.05, 4.69) is 0 Å². The normalized spacial score (nSPS) is 17.7. The lowest BCUT2D eigenvalue weighted by Gasteiger charge is -2.28. The minimum Gasteiger partial charge on any atom is -0.339 e. The smallest absolute Gasteiger partial charge is 0.244 e. The molecule has 1 aliphatic heterocycles. The number of rotatable bonds is 2. The van der Waals surface area contributed by atoms with Crippen molar-refractivity contribution in [1.82, 2.24) is 4.90 Å². The standard InChI is InChI=1S/C13H18N2O2S.ClH/c1-10-2-4-11(5-3-10)12(14)13(16)15-6-8-18(17)9-7-15;/h2-5,12H,6-9,14H2,1H3;1H. The number of nitrogens with zero attached hydrogens (tertiary/aromatic N) is 1. The van der Waals surface area contributed by atoms with Crippen molar-refractivity contribution in [2.75, 3.05) is 24.6 Å². The second-order valence-electron chi connectivity index (χ2n) is 4.56. The molecule has 0 aromatic heterocycles. The maximum absolute atomic E-state index is 12.2. The van der Waals surface area contributed by atoms with Crippen LogP contribution in [-0.2, 0) is 15.6 Å². The van der Waals surface area contributed by atoms with Gasteiger partial charge in [-0.05, 0) is 12.5 Å². The molecule has 1 fully saturated rings. The first-order valence-electron chi connectivity index (χ1n) is 6.04. The molecule has 19 heavy (non-hydrogen) atoms. The largest absolute Gasteiger partial charge is 0.339 e. The van der Waals surface area contributed by atoms with Crippen LogP contribution in [0.25, 0.3) is 0 Å². The van der Waals surface area contributed by atoms with Gasteiger partial charge < -0.3 is 10.6 Å². The summed E-state index contributed by atoms with van der Waals surface area (Å²) >= 11 is 0. The van der Waals surface area contributed by atoms with E-state index in [9.17, 15) is 9.00 Å². The van der Waals surface area contributed by atoms with E-state index in [4.69, 9.17) is 5.73 Å². The van der Waals surface area contributed by atoms with Gasteiger partial charge in [-0.25, -0.2) is 0 Å². The molecule has 2 N–H and O–H groups in total. The molecule has 6 heteroatoms. The van der Waals surface area contributed by atoms with Gasteiger partial charge in [0.2, 0.25) is 5.91 Å². The number of hydrogen-bond donors (Lipinski definition) is 1. The summed E-state index contributed by atoms with van der Waals surface area (Å²) < 4.78 is 11.3. The maximum atomic E-state index is 12.2. The Balaban J connectivity index is 0.00000180. The lowest BCUT2D eigenvalue weighted by molar-refractivity contribution is -0.132. The Hall–Kier alpha value is -0.910. The van der Waals surface area contributed by atoms with Gasteiger partial charge in [-0.2, -0.15) is 0 Å². The molecule has 1 aromatic rings. The first kappa shape index (κ1) is 16.1. The minimum atomic E-state index is -0.773. The highest BCUT2D eigenvalue weighted by Crippen LogP contribution is 2.15. The molecule has 1 saturated heterocycles. The molecular formula is C13H19ClN2O2S. The van der Waals surface area contributed by atoms with Crippen LogP contribution in [0.4, 0.5) is 0 Å². The number of halogens is 1. The van der Waals surface area contributed by atoms with Crippen molar-refractivity contribution < 1.29 is 9.00 Å². The second-order valence-corrected chi connectivity index (χ2v) is 6.26. The number of carbonyl (C=O) groups is 1. The van der Waals surface area contributed by atoms with Crippen molar-refractivity contribution in [3.63, 3.8) is 0 Å². The van der Waals surface area contributed by atoms with Crippen LogP contribution < -0.4 is 5.73 Å². The van der Waals surface area contributed by atoms with Crippen LogP contribution >= 0.6 is 12.4 Å². The highest BCUT2D eigenvalue weighted by molar-refractivity contribution is 7.85. The Morgan fingerprint density at radius 3 is 2.32 bits per heavy atom. The molecule has 1 aliphatic rings. The number of aryl methyl sites for hydroxylation is 1. The van der Waals surface area contributed by atoms with E-state index in [1.807, 2.05) is 31.2 Å². The van der Waals surface area contributed by atoms with Crippen molar-refractivity contribution >= 4 is 29.1 Å². The van der Waals surface area contributed by atoms with E-state index in [1.165, 1.54) is 0 Å². The summed E-state index contributed by atoms with van der Waals surface area (Å²) in [5.74, 6) is 1.05. The molecule has 0 aliphatic carbocycles. The van der Waals surface area contributed by atoms with Crippen LogP contribution in [0.1, 0.15) is 17.2 Å². The van der Waals surface area contributed by atoms with Crippen molar-refractivity contribution in [2.45, 2.75) is 13.0 Å². The van der Waals surface area contributed by atoms with E-state index in [0.29, 0.717) is 24.6 Å². The molecular weight excluding hydrogens is 284 g/mol. The number of nitrogens with two attached hydrogens (primary N) is 1. The predicted octanol–water partition coefficient (Wildman–Crippen LogP) is 1.01. The highest BCUT2D eigenvalue weighted by Gasteiger charge is 2.25. The highest BCUT2D eigenvalue weighted by atomic mass is 35.5. The Bertz CT molecular complexity index is 454. The number of carbonyl (C=O) groups excluding carboxylic acids is 1. The molecule has 0 spiro atoms. The quantitative estimate of drug-likeness (QED) is 0.887. The van der Waals surface area contributed by atoms with E-state index in [1.54, 1.807) is 4.90 Å². The fraction of sp³-hybridized carbons (Fsp3) is 0.462. The summed E-state index contributed by atoms with van der Waals surface area (Å²) in [4.78, 5) is 13.9. The fourth-order valence-corrected chi connectivity index (χ4v) is 3.02. The van der Waals surface area contributed by atoms with Crippen LogP contribution in [0.15, 0.2) is 24.3 Å². The van der Waals surface area contributed by atoms with Crippen LogP contribution in [0, 0.1) is 6.92 Å². The summed E-state index contributed by atoms with van der Waals surface area (Å²) in [5.41, 5.74) is 7.96. The molecule has 1 atom stereocenters. The Kier molecular flexibility index (Phi) is 5.97. The Morgan fingerprint density at radius 1 is 1.26 bits per heavy atom. The van der Waals surface area contributed by atoms with Crippen LogP contribution in [0.2, 0.25) is 0 Å². The molecule has 1 aromatic carbocycles. The van der Waals surface area contributed by atoms with Gasteiger partial charge in [0, 0.05) is 35.4 Å². The van der Waals surface area contributed by atoms with Crippen molar-refractivity contribution in [2.24, 2.45) is 5.73 Å². The zero-order valence-electron chi connectivity index (χ0n) is 10.9. The van der Waals surface area contributed by atoms with Gasteiger partial charge in [0.05, 0.1) is 0 Å². The topological polar surface area (TPSA) is 63.4 Å². The van der Waals surface area contributed by atoms with Gasteiger partial charge in [-0.1, -0.05) is 29.8 Å². The van der Waals surface area contributed by atoms with Gasteiger partial charge in [0.1, 0.15) is 6.04 Å². The minimum absolute atomic E-state index is 0. The van der Waals surface area contributed by atoms with E-state index in [0.717, 1.165) is 11.1 Å². The second kappa shape index (κ2) is 7.03. The van der Waals surface area contributed by atoms with Crippen molar-refractivity contribution in [3.8, 4) is 0 Å². The average molecular weight is 303 g/mol. The van der Waals surface area contributed by atoms with Gasteiger partial charge in [0.25, 0.3) is 0 Å². The molecule has 4 nitrogen and oxygen atoms in total. The molecule has 1 amide bonds. The van der Waals surface area contributed by atoms with Crippen molar-refractivity contribution in [1.29, 1.82) is 0 Å². The summed E-state index contributed by atoms with van der Waals surface area (Å²) in [6.07, 6.45) is 0. The lowest BCUT2D eigenvalue weighted by Crippen LogP contribution is -2.45. The summed E-state index contributed by atoms with van der Waals surface area (Å²) in [5, 5.41) is 0. The summed E-state index contributed by atoms with van der Waals surface area (Å²) in [6, 6.07) is 7.07. The van der Waals surface area contributed by atoms with Crippen molar-refractivity contribution in [3.05, 3.63) is 35.4 Å². The molecule has 106 valence electrons.